The van der Waals surface area contributed by atoms with Crippen molar-refractivity contribution in [3.05, 3.63) is 23.9 Å². The molecule has 0 radical (unpaired) electrons. The van der Waals surface area contributed by atoms with Gasteiger partial charge in [-0.3, -0.25) is 4.79 Å². The van der Waals surface area contributed by atoms with Crippen LogP contribution in [0.15, 0.2) is 18.3 Å². The lowest BCUT2D eigenvalue weighted by Gasteiger charge is -2.46. The van der Waals surface area contributed by atoms with Crippen molar-refractivity contribution in [1.29, 1.82) is 5.26 Å². The Balaban J connectivity index is 2.11. The summed E-state index contributed by atoms with van der Waals surface area (Å²) in [5.74, 6) is -0.0681. The third-order valence-corrected chi connectivity index (χ3v) is 4.97. The first-order chi connectivity index (χ1) is 9.86. The summed E-state index contributed by atoms with van der Waals surface area (Å²) in [5.41, 5.74) is 0.262. The largest absolute Gasteiger partial charge is 0.481 e. The molecule has 1 aliphatic carbocycles. The van der Waals surface area contributed by atoms with E-state index in [1.807, 2.05) is 19.9 Å². The Morgan fingerprint density at radius 3 is 2.71 bits per heavy atom. The molecule has 1 aromatic rings. The maximum Gasteiger partial charge on any atom is 0.307 e. The summed E-state index contributed by atoms with van der Waals surface area (Å²) >= 11 is 0. The van der Waals surface area contributed by atoms with E-state index in [4.69, 9.17) is 5.26 Å². The second-order valence-electron chi connectivity index (χ2n) is 6.37. The second kappa shape index (κ2) is 5.72. The number of nitrogens with zero attached hydrogens (tertiary/aromatic N) is 2. The summed E-state index contributed by atoms with van der Waals surface area (Å²) in [7, 11) is 0. The molecule has 5 nitrogen and oxygen atoms in total. The molecule has 3 atom stereocenters. The molecule has 0 spiro atoms. The van der Waals surface area contributed by atoms with Gasteiger partial charge in [0, 0.05) is 12.2 Å². The van der Waals surface area contributed by atoms with Crippen LogP contribution in [-0.4, -0.2) is 22.1 Å². The zero-order valence-electron chi connectivity index (χ0n) is 12.6. The Bertz CT molecular complexity index is 560. The van der Waals surface area contributed by atoms with Crippen LogP contribution >= 0.6 is 0 Å². The number of carboxylic acids is 1. The summed E-state index contributed by atoms with van der Waals surface area (Å²) in [6.07, 6.45) is 3.02. The summed E-state index contributed by atoms with van der Waals surface area (Å²) in [6.45, 7) is 6.14. The van der Waals surface area contributed by atoms with Crippen molar-refractivity contribution < 1.29 is 9.90 Å². The minimum absolute atomic E-state index is 0.191. The third-order valence-electron chi connectivity index (χ3n) is 4.97. The van der Waals surface area contributed by atoms with Crippen molar-refractivity contribution in [2.45, 2.75) is 39.7 Å². The van der Waals surface area contributed by atoms with Gasteiger partial charge in [0.2, 0.25) is 0 Å². The number of rotatable bonds is 3. The van der Waals surface area contributed by atoms with E-state index in [1.54, 1.807) is 18.3 Å². The molecule has 5 heteroatoms. The Hall–Kier alpha value is -2.09. The van der Waals surface area contributed by atoms with Gasteiger partial charge in [-0.05, 0) is 36.3 Å². The molecule has 21 heavy (non-hydrogen) atoms. The zero-order valence-corrected chi connectivity index (χ0v) is 12.6. The topological polar surface area (TPSA) is 86.0 Å². The molecule has 1 fully saturated rings. The summed E-state index contributed by atoms with van der Waals surface area (Å²) in [4.78, 5) is 15.6. The van der Waals surface area contributed by atoms with Gasteiger partial charge in [-0.25, -0.2) is 4.98 Å². The number of aliphatic carboxylic acids is 1. The molecule has 1 aliphatic rings. The van der Waals surface area contributed by atoms with Crippen molar-refractivity contribution >= 4 is 11.8 Å². The first-order valence-electron chi connectivity index (χ1n) is 7.21. The van der Waals surface area contributed by atoms with Gasteiger partial charge in [-0.15, -0.1) is 0 Å². The first kappa shape index (κ1) is 15.3. The molecule has 1 heterocycles. The Morgan fingerprint density at radius 1 is 1.48 bits per heavy atom. The van der Waals surface area contributed by atoms with Crippen molar-refractivity contribution in [3.8, 4) is 6.07 Å². The van der Waals surface area contributed by atoms with Crippen molar-refractivity contribution in [2.24, 2.45) is 17.3 Å². The smallest absolute Gasteiger partial charge is 0.307 e. The van der Waals surface area contributed by atoms with Crippen LogP contribution in [0.1, 0.15) is 39.2 Å². The number of carboxylic acid groups (broad SMARTS) is 1. The van der Waals surface area contributed by atoms with E-state index in [9.17, 15) is 9.90 Å². The lowest BCUT2D eigenvalue weighted by Crippen LogP contribution is -2.48. The minimum Gasteiger partial charge on any atom is -0.481 e. The van der Waals surface area contributed by atoms with Crippen LogP contribution < -0.4 is 5.32 Å². The number of hydrogen-bond acceptors (Lipinski definition) is 4. The molecule has 1 saturated carbocycles. The molecule has 2 N–H and O–H groups in total. The average Bonchev–Trinajstić information content (AvgIpc) is 2.44. The van der Waals surface area contributed by atoms with Crippen LogP contribution in [0.2, 0.25) is 0 Å². The monoisotopic (exact) mass is 287 g/mol. The van der Waals surface area contributed by atoms with Crippen LogP contribution in [0.4, 0.5) is 5.82 Å². The fourth-order valence-corrected chi connectivity index (χ4v) is 3.18. The van der Waals surface area contributed by atoms with E-state index >= 15 is 0 Å². The van der Waals surface area contributed by atoms with Gasteiger partial charge in [0.15, 0.2) is 0 Å². The number of anilines is 1. The van der Waals surface area contributed by atoms with E-state index in [0.29, 0.717) is 12.0 Å². The molecule has 2 rings (SSSR count). The van der Waals surface area contributed by atoms with Gasteiger partial charge >= 0.3 is 5.97 Å². The quantitative estimate of drug-likeness (QED) is 0.892. The van der Waals surface area contributed by atoms with Gasteiger partial charge in [-0.2, -0.15) is 5.26 Å². The van der Waals surface area contributed by atoms with Crippen LogP contribution in [0.25, 0.3) is 0 Å². The summed E-state index contributed by atoms with van der Waals surface area (Å²) in [6, 6.07) is 5.76. The van der Waals surface area contributed by atoms with Crippen LogP contribution in [0, 0.1) is 28.6 Å². The Labute approximate surface area is 125 Å². The molecule has 0 bridgehead atoms. The minimum atomic E-state index is -0.707. The number of aromatic nitrogens is 1. The van der Waals surface area contributed by atoms with Crippen molar-refractivity contribution in [1.82, 2.24) is 4.98 Å². The molecule has 1 aromatic heterocycles. The van der Waals surface area contributed by atoms with Gasteiger partial charge < -0.3 is 10.4 Å². The molecule has 0 saturated heterocycles. The highest BCUT2D eigenvalue weighted by Crippen LogP contribution is 2.45. The standard InChI is InChI=1S/C16H21N3O2/c1-10-13(6-5-12(15(20)21)16(10,2)3)19-14-7-4-11(8-17)9-18-14/h4,7,9-10,12-13H,5-6H2,1-3H3,(H,18,19)(H,20,21). The van der Waals surface area contributed by atoms with Crippen molar-refractivity contribution in [2.75, 3.05) is 5.32 Å². The highest BCUT2D eigenvalue weighted by molar-refractivity contribution is 5.71. The Kier molecular flexibility index (Phi) is 4.17. The molecule has 0 aliphatic heterocycles. The number of hydrogen-bond donors (Lipinski definition) is 2. The predicted molar refractivity (Wildman–Crippen MR) is 79.7 cm³/mol. The molecule has 112 valence electrons. The van der Waals surface area contributed by atoms with Gasteiger partial charge in [0.05, 0.1) is 11.5 Å². The van der Waals surface area contributed by atoms with Gasteiger partial charge in [-0.1, -0.05) is 20.8 Å². The summed E-state index contributed by atoms with van der Waals surface area (Å²) < 4.78 is 0. The first-order valence-corrected chi connectivity index (χ1v) is 7.21. The van der Waals surface area contributed by atoms with Crippen LogP contribution in [-0.2, 0) is 4.79 Å². The number of pyridine rings is 1. The van der Waals surface area contributed by atoms with E-state index < -0.39 is 5.97 Å². The fourth-order valence-electron chi connectivity index (χ4n) is 3.18. The van der Waals surface area contributed by atoms with E-state index in [2.05, 4.69) is 17.2 Å². The number of nitriles is 1. The van der Waals surface area contributed by atoms with E-state index in [1.165, 1.54) is 0 Å². The molecular weight excluding hydrogens is 266 g/mol. The lowest BCUT2D eigenvalue weighted by atomic mass is 9.61. The fraction of sp³-hybridized carbons (Fsp3) is 0.562. The predicted octanol–water partition coefficient (Wildman–Crippen LogP) is 2.89. The molecule has 3 unspecified atom stereocenters. The van der Waals surface area contributed by atoms with Crippen LogP contribution in [0.5, 0.6) is 0 Å². The third kappa shape index (κ3) is 2.99. The molecule has 0 amide bonds. The maximum atomic E-state index is 11.4. The summed E-state index contributed by atoms with van der Waals surface area (Å²) in [5, 5.41) is 21.5. The van der Waals surface area contributed by atoms with E-state index in [-0.39, 0.29) is 23.3 Å². The Morgan fingerprint density at radius 2 is 2.19 bits per heavy atom. The zero-order chi connectivity index (χ0) is 15.6. The van der Waals surface area contributed by atoms with Gasteiger partial charge in [0.1, 0.15) is 11.9 Å². The SMILES string of the molecule is CC1C(Nc2ccc(C#N)cn2)CCC(C(=O)O)C1(C)C. The second-order valence-corrected chi connectivity index (χ2v) is 6.37. The molecular formula is C16H21N3O2. The number of carbonyl (C=O) groups is 1. The normalized spacial score (nSPS) is 27.6. The maximum absolute atomic E-state index is 11.4. The van der Waals surface area contributed by atoms with Crippen LogP contribution in [0.3, 0.4) is 0 Å². The van der Waals surface area contributed by atoms with E-state index in [0.717, 1.165) is 12.2 Å². The highest BCUT2D eigenvalue weighted by atomic mass is 16.4. The highest BCUT2D eigenvalue weighted by Gasteiger charge is 2.46. The number of nitrogens with one attached hydrogen (secondary N) is 1. The average molecular weight is 287 g/mol. The lowest BCUT2D eigenvalue weighted by molar-refractivity contribution is -0.149. The molecule has 0 aromatic carbocycles. The van der Waals surface area contributed by atoms with Crippen molar-refractivity contribution in [3.63, 3.8) is 0 Å². The van der Waals surface area contributed by atoms with Gasteiger partial charge in [0.25, 0.3) is 0 Å².